The van der Waals surface area contributed by atoms with Crippen molar-refractivity contribution in [1.82, 2.24) is 34.7 Å². The minimum atomic E-state index is -0.0545. The van der Waals surface area contributed by atoms with E-state index in [1.165, 1.54) is 11.9 Å². The van der Waals surface area contributed by atoms with Crippen LogP contribution < -0.4 is 15.9 Å². The first kappa shape index (κ1) is 78.6. The molecule has 0 unspecified atom stereocenters. The smallest absolute Gasteiger partial charge is 0.250 e. The molecule has 0 aliphatic carbocycles. The number of fused-ring (bicyclic) bond motifs is 3. The van der Waals surface area contributed by atoms with Crippen LogP contribution in [0.3, 0.4) is 0 Å². The van der Waals surface area contributed by atoms with Gasteiger partial charge in [-0.05, 0) is 187 Å². The van der Waals surface area contributed by atoms with Crippen molar-refractivity contribution in [2.24, 2.45) is 26.6 Å². The van der Waals surface area contributed by atoms with Crippen molar-refractivity contribution in [3.8, 4) is 33.4 Å². The van der Waals surface area contributed by atoms with Gasteiger partial charge in [-0.25, -0.2) is 15.0 Å². The molecule has 0 saturated heterocycles. The van der Waals surface area contributed by atoms with Gasteiger partial charge in [0.15, 0.2) is 18.9 Å². The average Bonchev–Trinajstić information content (AvgIpc) is 1.80. The number of nitrogens with two attached hydrogens (primary N) is 1. The van der Waals surface area contributed by atoms with Gasteiger partial charge in [0.25, 0.3) is 0 Å². The molecule has 0 spiro atoms. The summed E-state index contributed by atoms with van der Waals surface area (Å²) in [6, 6.07) is 35.3. The standard InChI is InChI=1S/C86H101N11O7S/c1-13-29-96(30-14-2)85(102)77-45-69-24-18-66(48-80(69)89-83(50-77)91-104-35-33-93(10)58(7)37-74-42-62(20-26-71(74)54-99)65-17-23-68-40-61(53-98)41-82(87)88-79(68)47-65)63-21-27-72(55-100)75(43-63)38-59(8)94(11)34-36-105-92-84-51-78(86(103)97(31-15-3)32-16-4)46-70-25-19-67(49-81(70)90-84)64-22-28-73(56-101)76(44-64)39-60(9)95(12)52-57(5)6/h17-28,37-40,42-49,53-57H,13-16,29-36,41,50-52H2,1-12H3,(H2,87,88)(H,89,91)(H,90,92)/b58-37-,59-38-,60-39-. The number of rotatable bonds is 33. The van der Waals surface area contributed by atoms with E-state index in [9.17, 15) is 28.8 Å². The summed E-state index contributed by atoms with van der Waals surface area (Å²) in [5.74, 6) is 2.58. The van der Waals surface area contributed by atoms with Gasteiger partial charge >= 0.3 is 0 Å². The highest BCUT2D eigenvalue weighted by Crippen LogP contribution is 2.38. The van der Waals surface area contributed by atoms with Crippen LogP contribution in [0.1, 0.15) is 172 Å². The molecule has 0 bridgehead atoms. The van der Waals surface area contributed by atoms with E-state index in [-0.39, 0.29) is 31.3 Å². The van der Waals surface area contributed by atoms with E-state index < -0.39 is 0 Å². The topological polar surface area (TPSA) is 215 Å². The quantitative estimate of drug-likeness (QED) is 0.0151. The molecule has 3 aliphatic rings. The summed E-state index contributed by atoms with van der Waals surface area (Å²) in [5, 5.41) is 0. The summed E-state index contributed by atoms with van der Waals surface area (Å²) in [5.41, 5.74) is 27.9. The average molecular weight is 1430 g/mol. The zero-order chi connectivity index (χ0) is 75.3. The van der Waals surface area contributed by atoms with Crippen LogP contribution in [0.25, 0.3) is 69.8 Å². The number of benzene rings is 6. The van der Waals surface area contributed by atoms with Crippen LogP contribution in [0.15, 0.2) is 158 Å². The maximum atomic E-state index is 14.4. The monoisotopic (exact) mass is 1430 g/mol. The lowest BCUT2D eigenvalue weighted by Crippen LogP contribution is -2.35. The number of amides is 2. The van der Waals surface area contributed by atoms with Crippen LogP contribution in [-0.4, -0.2) is 158 Å². The summed E-state index contributed by atoms with van der Waals surface area (Å²) in [6.45, 7) is 23.6. The first-order valence-corrected chi connectivity index (χ1v) is 37.4. The summed E-state index contributed by atoms with van der Waals surface area (Å²) < 4.78 is 3.55. The van der Waals surface area contributed by atoms with Crippen molar-refractivity contribution in [3.05, 3.63) is 193 Å². The van der Waals surface area contributed by atoms with Crippen molar-refractivity contribution in [2.75, 3.05) is 79.3 Å². The third-order valence-corrected chi connectivity index (χ3v) is 19.6. The molecular formula is C86H101N11O7S. The molecule has 4 N–H and O–H groups in total. The number of nitrogens with zero attached hydrogens (tertiary/aromatic N) is 8. The third-order valence-electron chi connectivity index (χ3n) is 18.8. The molecule has 105 heavy (non-hydrogen) atoms. The fraction of sp³-hybridized carbons (Fsp3) is 0.337. The van der Waals surface area contributed by atoms with Crippen LogP contribution in [0.4, 0.5) is 17.1 Å². The van der Waals surface area contributed by atoms with Crippen molar-refractivity contribution in [2.45, 2.75) is 107 Å². The number of allylic oxidation sites excluding steroid dienone is 3. The van der Waals surface area contributed by atoms with Gasteiger partial charge in [0.05, 0.1) is 23.7 Å². The van der Waals surface area contributed by atoms with E-state index in [0.717, 1.165) is 147 Å². The van der Waals surface area contributed by atoms with Gasteiger partial charge in [0, 0.05) is 159 Å². The number of carbonyl (C=O) groups excluding carboxylic acids is 6. The van der Waals surface area contributed by atoms with Gasteiger partial charge in [-0.3, -0.25) is 39.1 Å². The Labute approximate surface area is 624 Å². The molecule has 0 radical (unpaired) electrons. The minimum absolute atomic E-state index is 0.00432. The second-order valence-corrected chi connectivity index (χ2v) is 28.5. The minimum Gasteiger partial charge on any atom is -0.387 e. The molecule has 0 atom stereocenters. The second kappa shape index (κ2) is 37.8. The summed E-state index contributed by atoms with van der Waals surface area (Å²) in [4.78, 5) is 109. The molecule has 18 nitrogen and oxygen atoms in total. The highest BCUT2D eigenvalue weighted by atomic mass is 32.2. The van der Waals surface area contributed by atoms with E-state index in [2.05, 4.69) is 105 Å². The predicted molar refractivity (Wildman–Crippen MR) is 434 cm³/mol. The molecule has 0 fully saturated rings. The molecule has 9 rings (SSSR count). The van der Waals surface area contributed by atoms with Gasteiger partial charge in [-0.1, -0.05) is 114 Å². The van der Waals surface area contributed by atoms with E-state index >= 15 is 0 Å². The Balaban J connectivity index is 0.900. The van der Waals surface area contributed by atoms with Gasteiger partial charge in [-0.2, -0.15) is 0 Å². The number of hydrogen-bond acceptors (Lipinski definition) is 17. The Bertz CT molecular complexity index is 4500. The van der Waals surface area contributed by atoms with Crippen LogP contribution >= 0.6 is 11.9 Å². The molecule has 19 heteroatoms. The summed E-state index contributed by atoms with van der Waals surface area (Å²) in [6.07, 6.45) is 19.4. The fourth-order valence-electron chi connectivity index (χ4n) is 12.9. The number of nitrogens with one attached hydrogen (secondary N) is 2. The Kier molecular flexibility index (Phi) is 28.3. The van der Waals surface area contributed by atoms with Gasteiger partial charge in [-0.15, -0.1) is 0 Å². The van der Waals surface area contributed by atoms with Gasteiger partial charge < -0.3 is 35.0 Å². The molecule has 2 amide bonds. The lowest BCUT2D eigenvalue weighted by atomic mass is 9.97. The van der Waals surface area contributed by atoms with E-state index in [1.807, 2.05) is 152 Å². The van der Waals surface area contributed by atoms with E-state index in [0.29, 0.717) is 120 Å². The molecular weight excluding hydrogens is 1330 g/mol. The SMILES string of the molecule is CCCN(CCC)C(=O)C1=Cc2ccc(-c3ccc(C=O)c(/C=C(/C)N(C)CCSNC4=Nc5cc(-c6ccc(C=O)c(/C=C(/C)N(C)CC(C)C)c6)ccc5C=C(C(=O)N(CCC)CCC)C4)c3)cc2N=C(NOCCN(C)/C(C)=C\c2cc(-c3ccc4c(c3)N=C(N)CC(C=O)=C4)ccc2C=O)C1. The fourth-order valence-corrected chi connectivity index (χ4v) is 13.7. The number of aldehydes is 4. The number of hydroxylamine groups is 1. The Morgan fingerprint density at radius 2 is 0.876 bits per heavy atom. The first-order valence-electron chi connectivity index (χ1n) is 36.4. The maximum Gasteiger partial charge on any atom is 0.250 e. The van der Waals surface area contributed by atoms with E-state index in [1.54, 1.807) is 12.1 Å². The number of amidine groups is 3. The van der Waals surface area contributed by atoms with Crippen molar-refractivity contribution < 1.29 is 33.6 Å². The van der Waals surface area contributed by atoms with Gasteiger partial charge in [0.1, 0.15) is 23.8 Å². The van der Waals surface area contributed by atoms with Crippen LogP contribution in [0.2, 0.25) is 0 Å². The number of aliphatic imine (C=N–C) groups is 3. The second-order valence-electron chi connectivity index (χ2n) is 27.6. The lowest BCUT2D eigenvalue weighted by Gasteiger charge is -2.23. The van der Waals surface area contributed by atoms with Crippen LogP contribution in [0, 0.1) is 5.92 Å². The first-order chi connectivity index (χ1) is 50.7. The zero-order valence-electron chi connectivity index (χ0n) is 63.0. The summed E-state index contributed by atoms with van der Waals surface area (Å²) >= 11 is 1.52. The van der Waals surface area contributed by atoms with Crippen LogP contribution in [-0.2, 0) is 19.2 Å². The predicted octanol–water partition coefficient (Wildman–Crippen LogP) is 16.7. The zero-order valence-corrected chi connectivity index (χ0v) is 63.8. The molecule has 548 valence electrons. The summed E-state index contributed by atoms with van der Waals surface area (Å²) in [7, 11) is 6.05. The number of likely N-dealkylation sites (N-methyl/N-ethyl adjacent to an activating group) is 1. The third kappa shape index (κ3) is 20.9. The molecule has 3 heterocycles. The lowest BCUT2D eigenvalue weighted by molar-refractivity contribution is -0.128. The molecule has 6 aromatic rings. The molecule has 0 aromatic heterocycles. The Morgan fingerprint density at radius 3 is 1.30 bits per heavy atom. The largest absolute Gasteiger partial charge is 0.387 e. The maximum absolute atomic E-state index is 14.4. The van der Waals surface area contributed by atoms with Crippen molar-refractivity contribution in [3.63, 3.8) is 0 Å². The van der Waals surface area contributed by atoms with Crippen LogP contribution in [0.5, 0.6) is 0 Å². The normalized spacial score (nSPS) is 13.7. The Hall–Kier alpha value is -10.5. The number of carbonyl (C=O) groups is 6. The highest BCUT2D eigenvalue weighted by molar-refractivity contribution is 7.97. The van der Waals surface area contributed by atoms with Crippen molar-refractivity contribution in [1.29, 1.82) is 0 Å². The Morgan fingerprint density at radius 1 is 0.486 bits per heavy atom. The highest BCUT2D eigenvalue weighted by Gasteiger charge is 2.26. The molecule has 0 saturated carbocycles. The molecule has 3 aliphatic heterocycles. The van der Waals surface area contributed by atoms with Gasteiger partial charge in [0.2, 0.25) is 11.8 Å². The number of hydrogen-bond donors (Lipinski definition) is 3. The van der Waals surface area contributed by atoms with Crippen molar-refractivity contribution >= 4 is 120 Å². The molecule has 6 aromatic carbocycles. The van der Waals surface area contributed by atoms with E-state index in [4.69, 9.17) is 20.6 Å².